The first-order valence-electron chi connectivity index (χ1n) is 6.89. The molecule has 0 radical (unpaired) electrons. The van der Waals surface area contributed by atoms with Gasteiger partial charge in [-0.2, -0.15) is 28.1 Å². The van der Waals surface area contributed by atoms with Crippen molar-refractivity contribution >= 4 is 17.8 Å². The van der Waals surface area contributed by atoms with Gasteiger partial charge in [-0.15, -0.1) is 0 Å². The minimum atomic E-state index is -4.14. The average Bonchev–Trinajstić information content (AvgIpc) is 2.44. The molecule has 1 heterocycles. The average molecular weight is 306 g/mol. The number of nitrogens with one attached hydrogen (secondary N) is 2. The summed E-state index contributed by atoms with van der Waals surface area (Å²) in [5, 5.41) is 5.62. The fourth-order valence-corrected chi connectivity index (χ4v) is 1.69. The molecule has 21 heavy (non-hydrogen) atoms. The third-order valence-electron chi connectivity index (χ3n) is 2.81. The largest absolute Gasteiger partial charge is 0.389 e. The van der Waals surface area contributed by atoms with Crippen LogP contribution in [0.1, 0.15) is 26.7 Å². The number of nitrogens with zero attached hydrogens (tertiary/aromatic N) is 4. The molecule has 0 amide bonds. The topological polar surface area (TPSA) is 66.0 Å². The number of hydrogen-bond acceptors (Lipinski definition) is 6. The van der Waals surface area contributed by atoms with E-state index >= 15 is 0 Å². The Bertz CT molecular complexity index is 433. The van der Waals surface area contributed by atoms with E-state index in [9.17, 15) is 13.2 Å². The summed E-state index contributed by atoms with van der Waals surface area (Å²) in [7, 11) is 1.68. The van der Waals surface area contributed by atoms with Crippen molar-refractivity contribution in [3.8, 4) is 0 Å². The van der Waals surface area contributed by atoms with Crippen LogP contribution < -0.4 is 15.5 Å². The molecule has 0 unspecified atom stereocenters. The van der Waals surface area contributed by atoms with Crippen molar-refractivity contribution in [3.05, 3.63) is 0 Å². The Labute approximate surface area is 122 Å². The maximum absolute atomic E-state index is 12.1. The Kier molecular flexibility index (Phi) is 6.44. The summed E-state index contributed by atoms with van der Waals surface area (Å²) in [6.45, 7) is 5.57. The highest BCUT2D eigenvalue weighted by Crippen LogP contribution is 2.21. The third-order valence-corrected chi connectivity index (χ3v) is 2.81. The fourth-order valence-electron chi connectivity index (χ4n) is 1.69. The van der Waals surface area contributed by atoms with Gasteiger partial charge in [0, 0.05) is 33.1 Å². The van der Waals surface area contributed by atoms with Gasteiger partial charge in [0.25, 0.3) is 0 Å². The summed E-state index contributed by atoms with van der Waals surface area (Å²) in [4.78, 5) is 14.5. The molecule has 1 aromatic heterocycles. The van der Waals surface area contributed by atoms with E-state index in [4.69, 9.17) is 0 Å². The Morgan fingerprint density at radius 1 is 1.05 bits per heavy atom. The number of anilines is 3. The van der Waals surface area contributed by atoms with Gasteiger partial charge in [0.1, 0.15) is 0 Å². The quantitative estimate of drug-likeness (QED) is 0.719. The molecule has 0 aliphatic carbocycles. The number of rotatable bonds is 8. The van der Waals surface area contributed by atoms with Crippen molar-refractivity contribution in [2.24, 2.45) is 0 Å². The number of aromatic nitrogens is 3. The molecule has 0 saturated heterocycles. The van der Waals surface area contributed by atoms with Crippen LogP contribution in [-0.2, 0) is 0 Å². The molecule has 1 aromatic rings. The second kappa shape index (κ2) is 7.84. The molecule has 6 nitrogen and oxygen atoms in total. The maximum atomic E-state index is 12.1. The second-order valence-corrected chi connectivity index (χ2v) is 4.35. The smallest absolute Gasteiger partial charge is 0.357 e. The van der Waals surface area contributed by atoms with E-state index in [0.717, 1.165) is 13.1 Å². The van der Waals surface area contributed by atoms with E-state index in [-0.39, 0.29) is 18.9 Å². The number of hydrogen-bond donors (Lipinski definition) is 2. The summed E-state index contributed by atoms with van der Waals surface area (Å²) < 4.78 is 36.2. The van der Waals surface area contributed by atoms with Crippen LogP contribution in [0.15, 0.2) is 0 Å². The van der Waals surface area contributed by atoms with Gasteiger partial charge in [0.15, 0.2) is 0 Å². The van der Waals surface area contributed by atoms with E-state index in [1.54, 1.807) is 7.05 Å². The van der Waals surface area contributed by atoms with Gasteiger partial charge in [-0.1, -0.05) is 0 Å². The third kappa shape index (κ3) is 6.01. The zero-order chi connectivity index (χ0) is 15.9. The second-order valence-electron chi connectivity index (χ2n) is 4.35. The monoisotopic (exact) mass is 306 g/mol. The Balaban J connectivity index is 2.70. The van der Waals surface area contributed by atoms with Crippen LogP contribution >= 0.6 is 0 Å². The minimum absolute atomic E-state index is 0.0231. The Morgan fingerprint density at radius 2 is 1.67 bits per heavy atom. The minimum Gasteiger partial charge on any atom is -0.357 e. The van der Waals surface area contributed by atoms with Crippen LogP contribution in [0.25, 0.3) is 0 Å². The first-order valence-corrected chi connectivity index (χ1v) is 6.89. The summed E-state index contributed by atoms with van der Waals surface area (Å²) in [5.41, 5.74) is 0. The maximum Gasteiger partial charge on any atom is 0.389 e. The van der Waals surface area contributed by atoms with Crippen LogP contribution in [0, 0.1) is 0 Å². The van der Waals surface area contributed by atoms with Gasteiger partial charge in [0.2, 0.25) is 17.8 Å². The van der Waals surface area contributed by atoms with E-state index in [1.807, 2.05) is 18.7 Å². The van der Waals surface area contributed by atoms with Crippen molar-refractivity contribution < 1.29 is 13.2 Å². The van der Waals surface area contributed by atoms with E-state index < -0.39 is 12.6 Å². The van der Waals surface area contributed by atoms with Crippen molar-refractivity contribution in [2.45, 2.75) is 32.9 Å². The molecular formula is C12H21F3N6. The molecular weight excluding hydrogens is 285 g/mol. The van der Waals surface area contributed by atoms with Crippen molar-refractivity contribution in [3.63, 3.8) is 0 Å². The molecule has 120 valence electrons. The predicted octanol–water partition coefficient (Wildman–Crippen LogP) is 2.51. The zero-order valence-corrected chi connectivity index (χ0v) is 12.5. The molecule has 9 heteroatoms. The first kappa shape index (κ1) is 17.3. The lowest BCUT2D eigenvalue weighted by atomic mass is 10.3. The van der Waals surface area contributed by atoms with Crippen LogP contribution in [0.3, 0.4) is 0 Å². The van der Waals surface area contributed by atoms with Gasteiger partial charge >= 0.3 is 6.18 Å². The summed E-state index contributed by atoms with van der Waals surface area (Å²) >= 11 is 0. The van der Waals surface area contributed by atoms with Crippen molar-refractivity contribution in [2.75, 3.05) is 42.2 Å². The highest BCUT2D eigenvalue weighted by atomic mass is 19.4. The normalized spacial score (nSPS) is 11.3. The number of alkyl halides is 3. The summed E-state index contributed by atoms with van der Waals surface area (Å²) in [5.74, 6) is 1.15. The van der Waals surface area contributed by atoms with Crippen LogP contribution in [0.4, 0.5) is 31.0 Å². The molecule has 2 N–H and O–H groups in total. The molecule has 0 saturated carbocycles. The van der Waals surface area contributed by atoms with Crippen LogP contribution in [-0.4, -0.2) is 47.8 Å². The molecule has 0 fully saturated rings. The molecule has 0 aliphatic heterocycles. The molecule has 0 aromatic carbocycles. The molecule has 0 spiro atoms. The molecule has 0 bridgehead atoms. The summed E-state index contributed by atoms with van der Waals surface area (Å²) in [6, 6.07) is 0. The van der Waals surface area contributed by atoms with Gasteiger partial charge < -0.3 is 15.5 Å². The summed E-state index contributed by atoms with van der Waals surface area (Å²) in [6.07, 6.45) is -4.99. The fraction of sp³-hybridized carbons (Fsp3) is 0.750. The van der Waals surface area contributed by atoms with Gasteiger partial charge in [-0.25, -0.2) is 0 Å². The lowest BCUT2D eigenvalue weighted by molar-refractivity contribution is -0.134. The van der Waals surface area contributed by atoms with Crippen molar-refractivity contribution in [1.82, 2.24) is 15.0 Å². The van der Waals surface area contributed by atoms with E-state index in [2.05, 4.69) is 25.6 Å². The van der Waals surface area contributed by atoms with E-state index in [1.165, 1.54) is 0 Å². The van der Waals surface area contributed by atoms with Crippen LogP contribution in [0.5, 0.6) is 0 Å². The highest BCUT2D eigenvalue weighted by molar-refractivity contribution is 5.43. The lowest BCUT2D eigenvalue weighted by Gasteiger charge is -2.19. The van der Waals surface area contributed by atoms with E-state index in [0.29, 0.717) is 11.9 Å². The molecule has 0 aliphatic rings. The predicted molar refractivity (Wildman–Crippen MR) is 76.7 cm³/mol. The van der Waals surface area contributed by atoms with Gasteiger partial charge in [-0.3, -0.25) is 0 Å². The highest BCUT2D eigenvalue weighted by Gasteiger charge is 2.25. The molecule has 1 rings (SSSR count). The van der Waals surface area contributed by atoms with Crippen molar-refractivity contribution in [1.29, 1.82) is 0 Å². The van der Waals surface area contributed by atoms with Gasteiger partial charge in [0.05, 0.1) is 0 Å². The van der Waals surface area contributed by atoms with Crippen LogP contribution in [0.2, 0.25) is 0 Å². The Hall–Kier alpha value is -1.80. The van der Waals surface area contributed by atoms with Gasteiger partial charge in [-0.05, 0) is 20.3 Å². The SMILES string of the molecule is CCN(CC)c1nc(NC)nc(NCCCC(F)(F)F)n1. The standard InChI is InChI=1S/C12H21F3N6/c1-4-21(5-2)11-19-9(16-3)18-10(20-11)17-8-6-7-12(13,14)15/h4-8H2,1-3H3,(H2,16,17,18,19,20). The zero-order valence-electron chi connectivity index (χ0n) is 12.5. The molecule has 0 atom stereocenters. The first-order chi connectivity index (χ1) is 9.89. The Morgan fingerprint density at radius 3 is 2.19 bits per heavy atom. The number of halogens is 3. The lowest BCUT2D eigenvalue weighted by Crippen LogP contribution is -2.25.